The molecule has 0 unspecified atom stereocenters. The number of ether oxygens (including phenoxy) is 1. The van der Waals surface area contributed by atoms with E-state index >= 15 is 0 Å². The third-order valence-corrected chi connectivity index (χ3v) is 7.26. The molecule has 4 heteroatoms. The molecule has 0 saturated heterocycles. The van der Waals surface area contributed by atoms with Gasteiger partial charge in [-0.3, -0.25) is 4.79 Å². The third-order valence-electron chi connectivity index (χ3n) is 6.15. The van der Waals surface area contributed by atoms with E-state index in [9.17, 15) is 4.79 Å². The van der Waals surface area contributed by atoms with Crippen molar-refractivity contribution in [3.05, 3.63) is 82.0 Å². The molecule has 0 spiro atoms. The van der Waals surface area contributed by atoms with E-state index in [0.717, 1.165) is 35.5 Å². The highest BCUT2D eigenvalue weighted by Gasteiger charge is 2.38. The number of amides is 1. The standard InChI is InChI=1S/C24H23NO2S/c26-23(25-16-24(13-5-6-14-24)21-12-7-15-28-21)22-17-8-1-3-10-19(17)27-20-11-4-2-9-18(20)22/h1-4,7-12,15,22H,5-6,13-14,16H2,(H,25,26). The largest absolute Gasteiger partial charge is 0.457 e. The number of nitrogens with one attached hydrogen (secondary N) is 1. The van der Waals surface area contributed by atoms with Crippen molar-refractivity contribution in [3.8, 4) is 11.5 Å². The molecule has 28 heavy (non-hydrogen) atoms. The zero-order valence-corrected chi connectivity index (χ0v) is 16.5. The van der Waals surface area contributed by atoms with Crippen LogP contribution in [0.3, 0.4) is 0 Å². The van der Waals surface area contributed by atoms with Crippen LogP contribution < -0.4 is 10.1 Å². The first-order chi connectivity index (χ1) is 13.8. The molecule has 0 radical (unpaired) electrons. The van der Waals surface area contributed by atoms with Gasteiger partial charge >= 0.3 is 0 Å². The lowest BCUT2D eigenvalue weighted by Gasteiger charge is -2.31. The molecule has 1 N–H and O–H groups in total. The van der Waals surface area contributed by atoms with Gasteiger partial charge in [0.25, 0.3) is 0 Å². The van der Waals surface area contributed by atoms with Gasteiger partial charge in [0.05, 0.1) is 5.92 Å². The summed E-state index contributed by atoms with van der Waals surface area (Å²) in [6.45, 7) is 0.702. The number of thiophene rings is 1. The number of hydrogen-bond acceptors (Lipinski definition) is 3. The van der Waals surface area contributed by atoms with Gasteiger partial charge in [-0.25, -0.2) is 0 Å². The molecule has 2 aliphatic rings. The zero-order chi connectivity index (χ0) is 19.0. The molecule has 2 aromatic carbocycles. The van der Waals surface area contributed by atoms with E-state index < -0.39 is 0 Å². The Kier molecular flexibility index (Phi) is 4.44. The summed E-state index contributed by atoms with van der Waals surface area (Å²) in [5.74, 6) is 1.28. The molecule has 0 bridgehead atoms. The normalized spacial score (nSPS) is 17.4. The van der Waals surface area contributed by atoms with Crippen molar-refractivity contribution in [1.29, 1.82) is 0 Å². The van der Waals surface area contributed by atoms with Gasteiger partial charge in [0, 0.05) is 28.0 Å². The molecule has 1 fully saturated rings. The van der Waals surface area contributed by atoms with Crippen molar-refractivity contribution in [2.45, 2.75) is 37.0 Å². The van der Waals surface area contributed by atoms with Gasteiger partial charge in [0.2, 0.25) is 5.91 Å². The van der Waals surface area contributed by atoms with E-state index in [1.165, 1.54) is 17.7 Å². The van der Waals surface area contributed by atoms with E-state index in [2.05, 4.69) is 22.8 Å². The maximum Gasteiger partial charge on any atom is 0.232 e. The average Bonchev–Trinajstić information content (AvgIpc) is 3.43. The number of carbonyl (C=O) groups excluding carboxylic acids is 1. The Morgan fingerprint density at radius 1 is 0.964 bits per heavy atom. The maximum atomic E-state index is 13.4. The predicted octanol–water partition coefficient (Wildman–Crippen LogP) is 5.61. The van der Waals surface area contributed by atoms with E-state index in [-0.39, 0.29) is 17.2 Å². The SMILES string of the molecule is O=C(NCC1(c2cccs2)CCCC1)C1c2ccccc2Oc2ccccc21. The first-order valence-corrected chi connectivity index (χ1v) is 10.8. The molecule has 1 aromatic heterocycles. The summed E-state index contributed by atoms with van der Waals surface area (Å²) >= 11 is 1.81. The van der Waals surface area contributed by atoms with E-state index in [1.807, 2.05) is 59.9 Å². The quantitative estimate of drug-likeness (QED) is 0.629. The van der Waals surface area contributed by atoms with Crippen LogP contribution in [0.5, 0.6) is 11.5 Å². The number of fused-ring (bicyclic) bond motifs is 2. The third kappa shape index (κ3) is 2.92. The van der Waals surface area contributed by atoms with E-state index in [0.29, 0.717) is 6.54 Å². The molecule has 2 heterocycles. The summed E-state index contributed by atoms with van der Waals surface area (Å²) < 4.78 is 6.04. The first-order valence-electron chi connectivity index (χ1n) is 9.94. The molecule has 1 saturated carbocycles. The molecule has 1 aliphatic carbocycles. The van der Waals surface area contributed by atoms with Gasteiger partial charge in [0.1, 0.15) is 11.5 Å². The van der Waals surface area contributed by atoms with Crippen LogP contribution in [-0.2, 0) is 10.2 Å². The maximum absolute atomic E-state index is 13.4. The average molecular weight is 390 g/mol. The summed E-state index contributed by atoms with van der Waals surface area (Å²) in [7, 11) is 0. The fraction of sp³-hybridized carbons (Fsp3) is 0.292. The Morgan fingerprint density at radius 2 is 1.61 bits per heavy atom. The summed E-state index contributed by atoms with van der Waals surface area (Å²) in [6, 6.07) is 20.1. The Bertz CT molecular complexity index is 944. The van der Waals surface area contributed by atoms with Crippen LogP contribution in [0.4, 0.5) is 0 Å². The van der Waals surface area contributed by atoms with E-state index in [4.69, 9.17) is 4.74 Å². The highest BCUT2D eigenvalue weighted by Crippen LogP contribution is 2.45. The molecule has 3 nitrogen and oxygen atoms in total. The minimum Gasteiger partial charge on any atom is -0.457 e. The van der Waals surface area contributed by atoms with Crippen molar-refractivity contribution in [2.75, 3.05) is 6.54 Å². The molecule has 1 aliphatic heterocycles. The first kappa shape index (κ1) is 17.5. The van der Waals surface area contributed by atoms with E-state index in [1.54, 1.807) is 0 Å². The van der Waals surface area contributed by atoms with Gasteiger partial charge in [-0.15, -0.1) is 11.3 Å². The molecule has 0 atom stereocenters. The van der Waals surface area contributed by atoms with Crippen molar-refractivity contribution in [1.82, 2.24) is 5.32 Å². The fourth-order valence-electron chi connectivity index (χ4n) is 4.69. The van der Waals surface area contributed by atoms with Crippen LogP contribution in [0.2, 0.25) is 0 Å². The summed E-state index contributed by atoms with van der Waals surface area (Å²) in [5.41, 5.74) is 1.97. The smallest absolute Gasteiger partial charge is 0.232 e. The zero-order valence-electron chi connectivity index (χ0n) is 15.7. The Labute approximate surface area is 169 Å². The second-order valence-corrected chi connectivity index (χ2v) is 8.74. The van der Waals surface area contributed by atoms with Gasteiger partial charge in [-0.05, 0) is 36.4 Å². The van der Waals surface area contributed by atoms with Gasteiger partial charge in [-0.2, -0.15) is 0 Å². The molecular weight excluding hydrogens is 366 g/mol. The van der Waals surface area contributed by atoms with Crippen LogP contribution in [0.25, 0.3) is 0 Å². The highest BCUT2D eigenvalue weighted by molar-refractivity contribution is 7.10. The highest BCUT2D eigenvalue weighted by atomic mass is 32.1. The van der Waals surface area contributed by atoms with Gasteiger partial charge in [0.15, 0.2) is 0 Å². The van der Waals surface area contributed by atoms with Crippen molar-refractivity contribution in [2.24, 2.45) is 0 Å². The summed E-state index contributed by atoms with van der Waals surface area (Å²) in [4.78, 5) is 14.8. The summed E-state index contributed by atoms with van der Waals surface area (Å²) in [6.07, 6.45) is 4.76. The summed E-state index contributed by atoms with van der Waals surface area (Å²) in [5, 5.41) is 5.46. The van der Waals surface area contributed by atoms with Gasteiger partial charge < -0.3 is 10.1 Å². The number of para-hydroxylation sites is 2. The van der Waals surface area contributed by atoms with Crippen molar-refractivity contribution >= 4 is 17.2 Å². The lowest BCUT2D eigenvalue weighted by molar-refractivity contribution is -0.122. The second-order valence-electron chi connectivity index (χ2n) is 7.79. The monoisotopic (exact) mass is 389 g/mol. The Morgan fingerprint density at radius 3 is 2.21 bits per heavy atom. The van der Waals surface area contributed by atoms with Crippen molar-refractivity contribution in [3.63, 3.8) is 0 Å². The van der Waals surface area contributed by atoms with Crippen LogP contribution in [0.1, 0.15) is 47.6 Å². The molecular formula is C24H23NO2S. The topological polar surface area (TPSA) is 38.3 Å². The van der Waals surface area contributed by atoms with Crippen LogP contribution >= 0.6 is 11.3 Å². The Balaban J connectivity index is 1.44. The second kappa shape index (κ2) is 7.10. The molecule has 5 rings (SSSR count). The lowest BCUT2D eigenvalue weighted by Crippen LogP contribution is -2.41. The number of carbonyl (C=O) groups is 1. The molecule has 3 aromatic rings. The predicted molar refractivity (Wildman–Crippen MR) is 112 cm³/mol. The number of hydrogen-bond donors (Lipinski definition) is 1. The van der Waals surface area contributed by atoms with Crippen LogP contribution in [0, 0.1) is 0 Å². The minimum absolute atomic E-state index is 0.0611. The molecule has 142 valence electrons. The van der Waals surface area contributed by atoms with Crippen molar-refractivity contribution < 1.29 is 9.53 Å². The lowest BCUT2D eigenvalue weighted by atomic mass is 9.83. The number of benzene rings is 2. The minimum atomic E-state index is -0.331. The van der Waals surface area contributed by atoms with Gasteiger partial charge in [-0.1, -0.05) is 55.3 Å². The van der Waals surface area contributed by atoms with Crippen LogP contribution in [-0.4, -0.2) is 12.5 Å². The number of rotatable bonds is 4. The van der Waals surface area contributed by atoms with Crippen LogP contribution in [0.15, 0.2) is 66.0 Å². The molecule has 1 amide bonds. The Hall–Kier alpha value is -2.59. The fourth-order valence-corrected chi connectivity index (χ4v) is 5.68.